The van der Waals surface area contributed by atoms with Gasteiger partial charge in [0, 0.05) is 50.6 Å². The van der Waals surface area contributed by atoms with E-state index in [0.717, 1.165) is 31.8 Å². The summed E-state index contributed by atoms with van der Waals surface area (Å²) in [6, 6.07) is 0. The minimum Gasteiger partial charge on any atom is -0.348 e. The number of piperidine rings is 1. The molecule has 1 N–H and O–H groups in total. The molecule has 21 heavy (non-hydrogen) atoms. The molecular weight excluding hydrogens is 290 g/mol. The summed E-state index contributed by atoms with van der Waals surface area (Å²) in [4.78, 5) is 21.7. The van der Waals surface area contributed by atoms with Crippen molar-refractivity contribution in [3.63, 3.8) is 0 Å². The van der Waals surface area contributed by atoms with Gasteiger partial charge in [-0.3, -0.25) is 9.48 Å². The Labute approximate surface area is 128 Å². The maximum atomic E-state index is 12.3. The molecule has 0 saturated carbocycles. The molecule has 112 valence electrons. The Bertz CT molecular complexity index is 594. The number of imidazole rings is 1. The molecule has 1 atom stereocenters. The van der Waals surface area contributed by atoms with Crippen LogP contribution in [0.25, 0.3) is 0 Å². The van der Waals surface area contributed by atoms with E-state index in [9.17, 15) is 4.79 Å². The second-order valence-corrected chi connectivity index (χ2v) is 5.76. The Morgan fingerprint density at radius 1 is 1.52 bits per heavy atom. The lowest BCUT2D eigenvalue weighted by molar-refractivity contribution is -0.132. The number of rotatable bonds is 4. The van der Waals surface area contributed by atoms with Gasteiger partial charge in [-0.2, -0.15) is 5.10 Å². The fourth-order valence-corrected chi connectivity index (χ4v) is 2.91. The molecule has 3 heterocycles. The summed E-state index contributed by atoms with van der Waals surface area (Å²) < 4.78 is 1.70. The maximum absolute atomic E-state index is 12.3. The van der Waals surface area contributed by atoms with Crippen molar-refractivity contribution >= 4 is 17.5 Å². The first kappa shape index (κ1) is 14.1. The highest BCUT2D eigenvalue weighted by atomic mass is 35.5. The van der Waals surface area contributed by atoms with Crippen LogP contribution >= 0.6 is 11.6 Å². The van der Waals surface area contributed by atoms with Crippen molar-refractivity contribution < 1.29 is 4.79 Å². The number of amides is 1. The average molecular weight is 308 g/mol. The molecule has 0 bridgehead atoms. The predicted octanol–water partition coefficient (Wildman–Crippen LogP) is 2.06. The van der Waals surface area contributed by atoms with Crippen LogP contribution in [0.4, 0.5) is 0 Å². The molecule has 0 radical (unpaired) electrons. The Morgan fingerprint density at radius 3 is 3.14 bits per heavy atom. The van der Waals surface area contributed by atoms with Gasteiger partial charge in [0.2, 0.25) is 5.91 Å². The second-order valence-electron chi connectivity index (χ2n) is 5.32. The number of aromatic nitrogens is 4. The molecule has 6 nitrogen and oxygen atoms in total. The second kappa shape index (κ2) is 6.30. The fourth-order valence-electron chi connectivity index (χ4n) is 2.76. The van der Waals surface area contributed by atoms with E-state index < -0.39 is 0 Å². The van der Waals surface area contributed by atoms with Gasteiger partial charge in [0.05, 0.1) is 11.2 Å². The number of aromatic amines is 1. The number of nitrogens with one attached hydrogen (secondary N) is 1. The van der Waals surface area contributed by atoms with Crippen LogP contribution in [0.15, 0.2) is 24.8 Å². The number of nitrogens with zero attached hydrogens (tertiary/aromatic N) is 4. The highest BCUT2D eigenvalue weighted by Crippen LogP contribution is 2.24. The molecule has 1 unspecified atom stereocenters. The van der Waals surface area contributed by atoms with Crippen LogP contribution in [-0.2, 0) is 11.3 Å². The zero-order valence-corrected chi connectivity index (χ0v) is 12.5. The number of hydrogen-bond acceptors (Lipinski definition) is 3. The number of aryl methyl sites for hydroxylation is 1. The standard InChI is InChI=1S/C14H18ClN5O/c15-12-8-18-20(10-12)7-3-13(21)19-6-1-2-11(9-19)14-16-4-5-17-14/h4-5,8,10-11H,1-3,6-7,9H2,(H,16,17). The Morgan fingerprint density at radius 2 is 2.43 bits per heavy atom. The number of carbonyl (C=O) groups is 1. The summed E-state index contributed by atoms with van der Waals surface area (Å²) in [7, 11) is 0. The summed E-state index contributed by atoms with van der Waals surface area (Å²) in [5.74, 6) is 1.46. The van der Waals surface area contributed by atoms with Crippen molar-refractivity contribution in [3.05, 3.63) is 35.6 Å². The van der Waals surface area contributed by atoms with E-state index in [1.165, 1.54) is 0 Å². The Hall–Kier alpha value is -1.82. The van der Waals surface area contributed by atoms with Gasteiger partial charge in [-0.15, -0.1) is 0 Å². The van der Waals surface area contributed by atoms with E-state index in [2.05, 4.69) is 15.1 Å². The number of likely N-dealkylation sites (tertiary alicyclic amines) is 1. The Balaban J connectivity index is 1.54. The first-order chi connectivity index (χ1) is 10.2. The molecule has 1 aliphatic rings. The molecule has 0 spiro atoms. The number of carbonyl (C=O) groups excluding carboxylic acids is 1. The van der Waals surface area contributed by atoms with Gasteiger partial charge in [0.1, 0.15) is 5.82 Å². The quantitative estimate of drug-likeness (QED) is 0.940. The van der Waals surface area contributed by atoms with E-state index in [0.29, 0.717) is 23.9 Å². The lowest BCUT2D eigenvalue weighted by Gasteiger charge is -2.32. The third-order valence-electron chi connectivity index (χ3n) is 3.84. The van der Waals surface area contributed by atoms with Crippen molar-refractivity contribution in [1.82, 2.24) is 24.6 Å². The minimum atomic E-state index is 0.165. The van der Waals surface area contributed by atoms with Crippen LogP contribution in [-0.4, -0.2) is 43.6 Å². The molecule has 1 fully saturated rings. The van der Waals surface area contributed by atoms with Crippen LogP contribution in [0.3, 0.4) is 0 Å². The largest absolute Gasteiger partial charge is 0.348 e. The highest BCUT2D eigenvalue weighted by Gasteiger charge is 2.25. The van der Waals surface area contributed by atoms with Gasteiger partial charge < -0.3 is 9.88 Å². The fraction of sp³-hybridized carbons (Fsp3) is 0.500. The van der Waals surface area contributed by atoms with Gasteiger partial charge in [0.15, 0.2) is 0 Å². The lowest BCUT2D eigenvalue weighted by atomic mass is 9.97. The molecule has 2 aromatic rings. The van der Waals surface area contributed by atoms with Gasteiger partial charge >= 0.3 is 0 Å². The average Bonchev–Trinajstić information content (AvgIpc) is 3.16. The molecular formula is C14H18ClN5O. The van der Waals surface area contributed by atoms with Crippen LogP contribution < -0.4 is 0 Å². The normalized spacial score (nSPS) is 18.9. The van der Waals surface area contributed by atoms with Crippen molar-refractivity contribution in [1.29, 1.82) is 0 Å². The highest BCUT2D eigenvalue weighted by molar-refractivity contribution is 6.30. The molecule has 2 aromatic heterocycles. The molecule has 1 aliphatic heterocycles. The van der Waals surface area contributed by atoms with Gasteiger partial charge in [-0.05, 0) is 12.8 Å². The topological polar surface area (TPSA) is 66.8 Å². The van der Waals surface area contributed by atoms with Crippen LogP contribution in [0.5, 0.6) is 0 Å². The third kappa shape index (κ3) is 3.44. The van der Waals surface area contributed by atoms with E-state index in [1.807, 2.05) is 11.1 Å². The summed E-state index contributed by atoms with van der Waals surface area (Å²) in [6.45, 7) is 2.13. The summed E-state index contributed by atoms with van der Waals surface area (Å²) in [5, 5.41) is 4.68. The first-order valence-electron chi connectivity index (χ1n) is 7.17. The van der Waals surface area contributed by atoms with Gasteiger partial charge in [-0.1, -0.05) is 11.6 Å². The molecule has 1 saturated heterocycles. The van der Waals surface area contributed by atoms with Crippen LogP contribution in [0.2, 0.25) is 5.02 Å². The number of H-pyrrole nitrogens is 1. The SMILES string of the molecule is O=C(CCn1cc(Cl)cn1)N1CCCC(c2ncc[nH]2)C1. The maximum Gasteiger partial charge on any atom is 0.224 e. The molecule has 3 rings (SSSR count). The van der Waals surface area contributed by atoms with Crippen LogP contribution in [0.1, 0.15) is 31.0 Å². The summed E-state index contributed by atoms with van der Waals surface area (Å²) >= 11 is 5.81. The van der Waals surface area contributed by atoms with Crippen molar-refractivity contribution in [2.45, 2.75) is 31.7 Å². The smallest absolute Gasteiger partial charge is 0.224 e. The van der Waals surface area contributed by atoms with Gasteiger partial charge in [0.25, 0.3) is 0 Å². The number of halogens is 1. The van der Waals surface area contributed by atoms with Gasteiger partial charge in [-0.25, -0.2) is 4.98 Å². The molecule has 1 amide bonds. The van der Waals surface area contributed by atoms with Crippen LogP contribution in [0, 0.1) is 0 Å². The third-order valence-corrected chi connectivity index (χ3v) is 4.03. The lowest BCUT2D eigenvalue weighted by Crippen LogP contribution is -2.39. The molecule has 0 aliphatic carbocycles. The minimum absolute atomic E-state index is 0.165. The predicted molar refractivity (Wildman–Crippen MR) is 79.0 cm³/mol. The monoisotopic (exact) mass is 307 g/mol. The zero-order valence-electron chi connectivity index (χ0n) is 11.7. The summed E-state index contributed by atoms with van der Waals surface area (Å²) in [6.07, 6.45) is 9.45. The zero-order chi connectivity index (χ0) is 14.7. The van der Waals surface area contributed by atoms with E-state index in [-0.39, 0.29) is 5.91 Å². The molecule has 0 aromatic carbocycles. The first-order valence-corrected chi connectivity index (χ1v) is 7.55. The number of hydrogen-bond donors (Lipinski definition) is 1. The van der Waals surface area contributed by atoms with E-state index in [4.69, 9.17) is 11.6 Å². The van der Waals surface area contributed by atoms with Crippen molar-refractivity contribution in [3.8, 4) is 0 Å². The van der Waals surface area contributed by atoms with E-state index >= 15 is 0 Å². The Kier molecular flexibility index (Phi) is 4.24. The molecule has 7 heteroatoms. The van der Waals surface area contributed by atoms with Crippen molar-refractivity contribution in [2.24, 2.45) is 0 Å². The summed E-state index contributed by atoms with van der Waals surface area (Å²) in [5.41, 5.74) is 0. The van der Waals surface area contributed by atoms with E-state index in [1.54, 1.807) is 23.3 Å². The van der Waals surface area contributed by atoms with Crippen molar-refractivity contribution in [2.75, 3.05) is 13.1 Å².